The Morgan fingerprint density at radius 1 is 0.500 bits per heavy atom. The molecule has 5 aromatic rings. The van der Waals surface area contributed by atoms with Gasteiger partial charge >= 0.3 is 0 Å². The lowest BCUT2D eigenvalue weighted by atomic mass is 9.62. The molecule has 3 heteroatoms. The number of hydrogen-bond donors (Lipinski definition) is 0. The van der Waals surface area contributed by atoms with Gasteiger partial charge in [-0.15, -0.1) is 11.6 Å². The highest BCUT2D eigenvalue weighted by Gasteiger charge is 2.83. The fraction of sp³-hybridized carbons (Fsp3) is 0.255. The van der Waals surface area contributed by atoms with E-state index in [0.717, 1.165) is 0 Å². The number of halogens is 1. The SMILES string of the molecule is ClC12C3CCC1C1CCC3C1(c1ccc(N(c3ccccc3)c3ccccc3)cc1)C2C1C=CC(=[N+](c2ccccc2)c2ccccc2)C=C1. The van der Waals surface area contributed by atoms with Crippen molar-refractivity contribution in [1.29, 1.82) is 0 Å². The number of benzene rings is 5. The van der Waals surface area contributed by atoms with Crippen molar-refractivity contribution >= 4 is 45.7 Å². The van der Waals surface area contributed by atoms with Gasteiger partial charge in [0.1, 0.15) is 0 Å². The van der Waals surface area contributed by atoms with E-state index in [4.69, 9.17) is 11.6 Å². The van der Waals surface area contributed by atoms with Crippen molar-refractivity contribution in [1.82, 2.24) is 4.58 Å². The van der Waals surface area contributed by atoms with Gasteiger partial charge in [-0.3, -0.25) is 0 Å². The minimum atomic E-state index is -0.139. The molecule has 0 aliphatic heterocycles. The molecule has 4 fully saturated rings. The van der Waals surface area contributed by atoms with E-state index < -0.39 is 0 Å². The summed E-state index contributed by atoms with van der Waals surface area (Å²) in [6.07, 6.45) is 15.0. The summed E-state index contributed by atoms with van der Waals surface area (Å²) in [6, 6.07) is 52.7. The average Bonchev–Trinajstić information content (AvgIpc) is 3.77. The number of anilines is 3. The Bertz CT molecular complexity index is 1990. The van der Waals surface area contributed by atoms with Crippen LogP contribution in [0.1, 0.15) is 31.2 Å². The molecule has 2 bridgehead atoms. The zero-order chi connectivity index (χ0) is 33.3. The summed E-state index contributed by atoms with van der Waals surface area (Å²) in [6.45, 7) is 0. The molecule has 10 rings (SSSR count). The molecule has 246 valence electrons. The van der Waals surface area contributed by atoms with E-state index in [0.29, 0.717) is 35.5 Å². The molecule has 0 saturated heterocycles. The molecular formula is C47H42ClN2+. The van der Waals surface area contributed by atoms with Gasteiger partial charge in [-0.25, -0.2) is 0 Å². The molecule has 4 saturated carbocycles. The maximum Gasteiger partial charge on any atom is 0.211 e. The third-order valence-corrected chi connectivity index (χ3v) is 14.0. The van der Waals surface area contributed by atoms with E-state index in [9.17, 15) is 0 Å². The smallest absolute Gasteiger partial charge is 0.211 e. The molecule has 0 spiro atoms. The third-order valence-electron chi connectivity index (χ3n) is 13.2. The summed E-state index contributed by atoms with van der Waals surface area (Å²) in [5.41, 5.74) is 8.70. The standard InChI is InChI=1S/C47H42ClN2/c48-47-43-31-32-44(47)42-30-29-41(43)46(42,34-23-27-40(28-24-34)50(37-17-9-3-10-18-37)38-19-11-4-12-20-38)45(47)33-21-25-39(26-22-33)49(35-13-5-1-6-14-35)36-15-7-2-8-16-36/h1-28,33,41-45H,29-32H2/q+1. The molecule has 5 aliphatic carbocycles. The molecule has 0 amide bonds. The summed E-state index contributed by atoms with van der Waals surface area (Å²) < 4.78 is 2.37. The topological polar surface area (TPSA) is 6.25 Å². The lowest BCUT2D eigenvalue weighted by Crippen LogP contribution is -2.40. The first-order valence-corrected chi connectivity index (χ1v) is 18.9. The predicted octanol–water partition coefficient (Wildman–Crippen LogP) is 11.8. The molecule has 50 heavy (non-hydrogen) atoms. The van der Waals surface area contributed by atoms with Gasteiger partial charge in [0.05, 0.1) is 4.87 Å². The number of rotatable bonds is 7. The van der Waals surface area contributed by atoms with Crippen LogP contribution < -0.4 is 9.48 Å². The van der Waals surface area contributed by atoms with Crippen LogP contribution in [0, 0.1) is 35.5 Å². The summed E-state index contributed by atoms with van der Waals surface area (Å²) in [7, 11) is 0. The fourth-order valence-corrected chi connectivity index (χ4v) is 12.6. The van der Waals surface area contributed by atoms with Gasteiger partial charge < -0.3 is 4.90 Å². The van der Waals surface area contributed by atoms with Gasteiger partial charge in [-0.05, 0) is 97.2 Å². The van der Waals surface area contributed by atoms with Crippen molar-refractivity contribution in [3.63, 3.8) is 0 Å². The Balaban J connectivity index is 1.06. The highest BCUT2D eigenvalue weighted by atomic mass is 35.5. The molecule has 0 heterocycles. The van der Waals surface area contributed by atoms with Crippen molar-refractivity contribution in [3.8, 4) is 0 Å². The average molecular weight is 670 g/mol. The normalized spacial score (nSPS) is 31.3. The second kappa shape index (κ2) is 11.7. The quantitative estimate of drug-likeness (QED) is 0.123. The lowest BCUT2D eigenvalue weighted by molar-refractivity contribution is 0.187. The zero-order valence-corrected chi connectivity index (χ0v) is 29.0. The maximum absolute atomic E-state index is 8.17. The van der Waals surface area contributed by atoms with Crippen molar-refractivity contribution in [3.05, 3.63) is 175 Å². The van der Waals surface area contributed by atoms with Gasteiger partial charge in [0.25, 0.3) is 0 Å². The molecule has 0 aromatic heterocycles. The largest absolute Gasteiger partial charge is 0.311 e. The second-order valence-corrected chi connectivity index (χ2v) is 15.8. The van der Waals surface area contributed by atoms with Crippen LogP contribution in [0.25, 0.3) is 0 Å². The van der Waals surface area contributed by atoms with Crippen LogP contribution in [-0.4, -0.2) is 10.6 Å². The van der Waals surface area contributed by atoms with E-state index >= 15 is 0 Å². The van der Waals surface area contributed by atoms with Gasteiger partial charge in [0.2, 0.25) is 17.1 Å². The minimum absolute atomic E-state index is 0.103. The van der Waals surface area contributed by atoms with Crippen LogP contribution >= 0.6 is 11.6 Å². The first-order chi connectivity index (χ1) is 24.7. The van der Waals surface area contributed by atoms with E-state index in [1.165, 1.54) is 65.4 Å². The Morgan fingerprint density at radius 2 is 0.920 bits per heavy atom. The van der Waals surface area contributed by atoms with Crippen LogP contribution in [-0.2, 0) is 5.41 Å². The number of hydrogen-bond acceptors (Lipinski definition) is 1. The number of fused-ring (bicyclic) bond motifs is 2. The summed E-state index contributed by atoms with van der Waals surface area (Å²) in [4.78, 5) is 2.24. The Kier molecular flexibility index (Phi) is 7.07. The summed E-state index contributed by atoms with van der Waals surface area (Å²) in [5.74, 6) is 3.17. The first kappa shape index (κ1) is 30.2. The lowest BCUT2D eigenvalue weighted by Gasteiger charge is -2.41. The Labute approximate surface area is 301 Å². The highest BCUT2D eigenvalue weighted by molar-refractivity contribution is 6.26. The first-order valence-electron chi connectivity index (χ1n) is 18.5. The molecule has 0 radical (unpaired) electrons. The van der Waals surface area contributed by atoms with E-state index in [1.807, 2.05) is 0 Å². The van der Waals surface area contributed by atoms with E-state index in [1.54, 1.807) is 0 Å². The minimum Gasteiger partial charge on any atom is -0.311 e. The number of nitrogens with zero attached hydrogens (tertiary/aromatic N) is 2. The predicted molar refractivity (Wildman–Crippen MR) is 208 cm³/mol. The van der Waals surface area contributed by atoms with Gasteiger partial charge in [-0.1, -0.05) is 97.1 Å². The molecule has 2 nitrogen and oxygen atoms in total. The summed E-state index contributed by atoms with van der Waals surface area (Å²) in [5, 5.41) is 0. The van der Waals surface area contributed by atoms with E-state index in [2.05, 4.69) is 179 Å². The van der Waals surface area contributed by atoms with Crippen LogP contribution in [0.4, 0.5) is 28.4 Å². The Hall–Kier alpha value is -4.66. The third kappa shape index (κ3) is 4.24. The molecule has 5 aliphatic rings. The number of alkyl halides is 1. The Morgan fingerprint density at radius 3 is 1.40 bits per heavy atom. The molecule has 5 atom stereocenters. The van der Waals surface area contributed by atoms with Gasteiger partial charge in [0.15, 0.2) is 0 Å². The van der Waals surface area contributed by atoms with Crippen molar-refractivity contribution in [2.75, 3.05) is 4.90 Å². The highest BCUT2D eigenvalue weighted by Crippen LogP contribution is 2.83. The number of para-hydroxylation sites is 4. The van der Waals surface area contributed by atoms with Gasteiger partial charge in [-0.2, -0.15) is 4.58 Å². The summed E-state index contributed by atoms with van der Waals surface area (Å²) >= 11 is 8.17. The van der Waals surface area contributed by atoms with Crippen LogP contribution in [0.15, 0.2) is 170 Å². The maximum atomic E-state index is 8.17. The molecular weight excluding hydrogens is 628 g/mol. The van der Waals surface area contributed by atoms with Crippen molar-refractivity contribution in [2.24, 2.45) is 35.5 Å². The molecule has 0 N–H and O–H groups in total. The molecule has 5 unspecified atom stereocenters. The monoisotopic (exact) mass is 669 g/mol. The van der Waals surface area contributed by atoms with Crippen LogP contribution in [0.3, 0.4) is 0 Å². The molecule has 5 aromatic carbocycles. The van der Waals surface area contributed by atoms with Crippen molar-refractivity contribution < 1.29 is 0 Å². The fourth-order valence-electron chi connectivity index (χ4n) is 11.8. The van der Waals surface area contributed by atoms with Crippen LogP contribution in [0.2, 0.25) is 0 Å². The van der Waals surface area contributed by atoms with Gasteiger partial charge in [0, 0.05) is 64.8 Å². The second-order valence-electron chi connectivity index (χ2n) is 15.1. The van der Waals surface area contributed by atoms with E-state index in [-0.39, 0.29) is 10.3 Å². The van der Waals surface area contributed by atoms with Crippen molar-refractivity contribution in [2.45, 2.75) is 36.0 Å². The number of allylic oxidation sites excluding steroid dienone is 4. The zero-order valence-electron chi connectivity index (χ0n) is 28.2. The van der Waals surface area contributed by atoms with Crippen LogP contribution in [0.5, 0.6) is 0 Å².